The van der Waals surface area contributed by atoms with E-state index < -0.39 is 40.0 Å². The molecule has 9 heteroatoms. The van der Waals surface area contributed by atoms with Gasteiger partial charge in [0.25, 0.3) is 10.0 Å². The molecule has 3 aromatic carbocycles. The van der Waals surface area contributed by atoms with E-state index in [4.69, 9.17) is 5.73 Å². The van der Waals surface area contributed by atoms with E-state index in [1.165, 1.54) is 36.4 Å². The van der Waals surface area contributed by atoms with E-state index >= 15 is 0 Å². The first-order chi connectivity index (χ1) is 14.1. The van der Waals surface area contributed by atoms with Crippen LogP contribution < -0.4 is 10.5 Å². The summed E-state index contributed by atoms with van der Waals surface area (Å²) in [5, 5.41) is 9.26. The molecule has 0 aliphatic heterocycles. The highest BCUT2D eigenvalue weighted by atomic mass is 32.2. The minimum absolute atomic E-state index is 0.0396. The molecule has 156 valence electrons. The fraction of sp³-hybridized carbons (Fsp3) is 0.0952. The van der Waals surface area contributed by atoms with Gasteiger partial charge >= 0.3 is 5.97 Å². The van der Waals surface area contributed by atoms with Gasteiger partial charge in [-0.3, -0.25) is 9.52 Å². The monoisotopic (exact) mass is 432 g/mol. The molecule has 0 spiro atoms. The van der Waals surface area contributed by atoms with E-state index in [0.717, 1.165) is 12.1 Å². The van der Waals surface area contributed by atoms with Crippen LogP contribution in [0.4, 0.5) is 20.2 Å². The van der Waals surface area contributed by atoms with E-state index in [0.29, 0.717) is 11.6 Å². The number of carboxylic acid groups (broad SMARTS) is 1. The van der Waals surface area contributed by atoms with Crippen molar-refractivity contribution in [2.24, 2.45) is 0 Å². The van der Waals surface area contributed by atoms with Gasteiger partial charge in [0, 0.05) is 23.4 Å². The Morgan fingerprint density at radius 3 is 2.27 bits per heavy atom. The number of nitrogens with one attached hydrogen (secondary N) is 1. The number of aliphatic carboxylic acids is 1. The molecule has 4 N–H and O–H groups in total. The highest BCUT2D eigenvalue weighted by Crippen LogP contribution is 2.31. The molecule has 0 aliphatic carbocycles. The van der Waals surface area contributed by atoms with Crippen LogP contribution >= 0.6 is 0 Å². The number of hydrogen-bond donors (Lipinski definition) is 3. The molecule has 0 aromatic heterocycles. The summed E-state index contributed by atoms with van der Waals surface area (Å²) in [6.07, 6.45) is -0.436. The zero-order valence-electron chi connectivity index (χ0n) is 15.5. The van der Waals surface area contributed by atoms with Crippen LogP contribution in [0.25, 0.3) is 0 Å². The number of nitrogens with two attached hydrogens (primary N) is 1. The van der Waals surface area contributed by atoms with E-state index in [1.807, 2.05) is 0 Å². The summed E-state index contributed by atoms with van der Waals surface area (Å²) < 4.78 is 55.0. The first-order valence-corrected chi connectivity index (χ1v) is 10.3. The highest BCUT2D eigenvalue weighted by molar-refractivity contribution is 7.92. The Labute approximate surface area is 172 Å². The summed E-state index contributed by atoms with van der Waals surface area (Å²) in [6, 6.07) is 14.5. The lowest BCUT2D eigenvalue weighted by Crippen LogP contribution is -2.14. The van der Waals surface area contributed by atoms with Gasteiger partial charge in [-0.05, 0) is 53.6 Å². The van der Waals surface area contributed by atoms with Gasteiger partial charge in [0.1, 0.15) is 11.6 Å². The van der Waals surface area contributed by atoms with Crippen molar-refractivity contribution in [1.82, 2.24) is 0 Å². The summed E-state index contributed by atoms with van der Waals surface area (Å²) in [5.41, 5.74) is 6.60. The van der Waals surface area contributed by atoms with Crippen LogP contribution in [0.5, 0.6) is 0 Å². The number of carbonyl (C=O) groups is 1. The standard InChI is InChI=1S/C21H18F2N2O4S/c22-15-7-14(8-16(23)10-15)20(12-21(26)27)13-3-1-5-18(9-13)25-30(28,29)19-6-2-4-17(24)11-19/h1-11,20,25H,12,24H2,(H,26,27). The van der Waals surface area contributed by atoms with Crippen LogP contribution in [-0.4, -0.2) is 19.5 Å². The van der Waals surface area contributed by atoms with Gasteiger partial charge in [0.05, 0.1) is 11.3 Å². The molecular formula is C21H18F2N2O4S. The van der Waals surface area contributed by atoms with E-state index in [-0.39, 0.29) is 21.8 Å². The summed E-state index contributed by atoms with van der Waals surface area (Å²) in [6.45, 7) is 0. The maximum absolute atomic E-state index is 13.7. The van der Waals surface area contributed by atoms with Crippen molar-refractivity contribution in [1.29, 1.82) is 0 Å². The minimum atomic E-state index is -3.95. The second-order valence-electron chi connectivity index (χ2n) is 6.66. The summed E-state index contributed by atoms with van der Waals surface area (Å²) in [4.78, 5) is 11.3. The third-order valence-corrected chi connectivity index (χ3v) is 5.75. The first kappa shape index (κ1) is 21.3. The second-order valence-corrected chi connectivity index (χ2v) is 8.34. The maximum Gasteiger partial charge on any atom is 0.304 e. The second kappa shape index (κ2) is 8.50. The molecule has 1 atom stereocenters. The van der Waals surface area contributed by atoms with Gasteiger partial charge in [0.15, 0.2) is 0 Å². The largest absolute Gasteiger partial charge is 0.481 e. The predicted octanol–water partition coefficient (Wildman–Crippen LogP) is 3.95. The Kier molecular flexibility index (Phi) is 6.02. The SMILES string of the molecule is Nc1cccc(S(=O)(=O)Nc2cccc(C(CC(=O)O)c3cc(F)cc(F)c3)c2)c1. The number of anilines is 2. The third kappa shape index (κ3) is 5.12. The minimum Gasteiger partial charge on any atom is -0.481 e. The van der Waals surface area contributed by atoms with Crippen molar-refractivity contribution in [3.63, 3.8) is 0 Å². The quantitative estimate of drug-likeness (QED) is 0.490. The zero-order chi connectivity index (χ0) is 21.9. The molecule has 0 heterocycles. The van der Waals surface area contributed by atoms with E-state index in [1.54, 1.807) is 12.1 Å². The van der Waals surface area contributed by atoms with E-state index in [2.05, 4.69) is 4.72 Å². The number of nitrogen functional groups attached to an aromatic ring is 1. The smallest absolute Gasteiger partial charge is 0.304 e. The molecule has 0 bridgehead atoms. The lowest BCUT2D eigenvalue weighted by atomic mass is 9.88. The number of carboxylic acids is 1. The van der Waals surface area contributed by atoms with Crippen LogP contribution in [0.3, 0.4) is 0 Å². The topological polar surface area (TPSA) is 109 Å². The number of hydrogen-bond acceptors (Lipinski definition) is 4. The summed E-state index contributed by atoms with van der Waals surface area (Å²) >= 11 is 0. The van der Waals surface area contributed by atoms with Crippen molar-refractivity contribution < 1.29 is 27.1 Å². The molecule has 30 heavy (non-hydrogen) atoms. The van der Waals surface area contributed by atoms with Gasteiger partial charge in [-0.15, -0.1) is 0 Å². The van der Waals surface area contributed by atoms with Crippen LogP contribution in [-0.2, 0) is 14.8 Å². The molecule has 6 nitrogen and oxygen atoms in total. The molecule has 1 unspecified atom stereocenters. The van der Waals surface area contributed by atoms with Gasteiger partial charge in [-0.25, -0.2) is 17.2 Å². The Balaban J connectivity index is 1.98. The Bertz CT molecular complexity index is 1180. The third-order valence-electron chi connectivity index (χ3n) is 4.38. The Hall–Kier alpha value is -3.46. The number of rotatable bonds is 7. The molecule has 0 fully saturated rings. The van der Waals surface area contributed by atoms with Gasteiger partial charge in [0.2, 0.25) is 0 Å². The highest BCUT2D eigenvalue weighted by Gasteiger charge is 2.21. The van der Waals surface area contributed by atoms with Crippen molar-refractivity contribution in [2.45, 2.75) is 17.2 Å². The lowest BCUT2D eigenvalue weighted by Gasteiger charge is -2.18. The summed E-state index contributed by atoms with van der Waals surface area (Å²) in [7, 11) is -3.95. The van der Waals surface area contributed by atoms with Gasteiger partial charge in [-0.2, -0.15) is 0 Å². The molecule has 0 saturated heterocycles. The normalized spacial score (nSPS) is 12.3. The molecule has 0 saturated carbocycles. The number of sulfonamides is 1. The maximum atomic E-state index is 13.7. The van der Waals surface area contributed by atoms with Gasteiger partial charge in [-0.1, -0.05) is 18.2 Å². The number of halogens is 2. The molecule has 3 rings (SSSR count). The zero-order valence-corrected chi connectivity index (χ0v) is 16.4. The van der Waals surface area contributed by atoms with Crippen LogP contribution in [0, 0.1) is 11.6 Å². The predicted molar refractivity (Wildman–Crippen MR) is 109 cm³/mol. The molecule has 3 aromatic rings. The fourth-order valence-electron chi connectivity index (χ4n) is 3.09. The van der Waals surface area contributed by atoms with Crippen molar-refractivity contribution in [3.8, 4) is 0 Å². The number of benzene rings is 3. The average Bonchev–Trinajstić information content (AvgIpc) is 2.65. The van der Waals surface area contributed by atoms with Crippen LogP contribution in [0.2, 0.25) is 0 Å². The Morgan fingerprint density at radius 1 is 0.967 bits per heavy atom. The Morgan fingerprint density at radius 2 is 1.63 bits per heavy atom. The van der Waals surface area contributed by atoms with Crippen LogP contribution in [0.15, 0.2) is 71.6 Å². The first-order valence-electron chi connectivity index (χ1n) is 8.80. The molecule has 0 radical (unpaired) electrons. The van der Waals surface area contributed by atoms with Gasteiger partial charge < -0.3 is 10.8 Å². The van der Waals surface area contributed by atoms with E-state index in [9.17, 15) is 27.1 Å². The van der Waals surface area contributed by atoms with Crippen molar-refractivity contribution >= 4 is 27.4 Å². The molecule has 0 amide bonds. The van der Waals surface area contributed by atoms with Crippen molar-refractivity contribution in [2.75, 3.05) is 10.5 Å². The lowest BCUT2D eigenvalue weighted by molar-refractivity contribution is -0.137. The fourth-order valence-corrected chi connectivity index (χ4v) is 4.20. The molecular weight excluding hydrogens is 414 g/mol. The molecule has 0 aliphatic rings. The average molecular weight is 432 g/mol. The van der Waals surface area contributed by atoms with Crippen molar-refractivity contribution in [3.05, 3.63) is 89.5 Å². The summed E-state index contributed by atoms with van der Waals surface area (Å²) in [5.74, 6) is -3.72. The van der Waals surface area contributed by atoms with Crippen LogP contribution in [0.1, 0.15) is 23.5 Å².